The Morgan fingerprint density at radius 2 is 2.23 bits per heavy atom. The van der Waals surface area contributed by atoms with Crippen molar-refractivity contribution in [2.75, 3.05) is 5.33 Å². The van der Waals surface area contributed by atoms with Crippen LogP contribution in [0, 0.1) is 0 Å². The molecule has 66 valence electrons. The second kappa shape index (κ2) is 3.34. The van der Waals surface area contributed by atoms with Gasteiger partial charge in [-0.05, 0) is 12.1 Å². The Bertz CT molecular complexity index is 445. The van der Waals surface area contributed by atoms with Crippen molar-refractivity contribution in [2.45, 2.75) is 0 Å². The quantitative estimate of drug-likeness (QED) is 0.595. The maximum absolute atomic E-state index is 11.4. The number of furan rings is 1. The first-order valence-electron chi connectivity index (χ1n) is 3.88. The molecular formula is C10H7BrO2. The van der Waals surface area contributed by atoms with Crippen LogP contribution in [0.1, 0.15) is 10.4 Å². The summed E-state index contributed by atoms with van der Waals surface area (Å²) in [6.45, 7) is 0. The highest BCUT2D eigenvalue weighted by atomic mass is 79.9. The molecular weight excluding hydrogens is 232 g/mol. The lowest BCUT2D eigenvalue weighted by atomic mass is 10.1. The Kier molecular flexibility index (Phi) is 2.19. The number of fused-ring (bicyclic) bond motifs is 1. The van der Waals surface area contributed by atoms with Gasteiger partial charge >= 0.3 is 0 Å². The van der Waals surface area contributed by atoms with Gasteiger partial charge in [0.2, 0.25) is 0 Å². The SMILES string of the molecule is O=C(CBr)c1cccc2ccoc12. The Hall–Kier alpha value is -1.09. The van der Waals surface area contributed by atoms with Crippen LogP contribution in [0.15, 0.2) is 34.9 Å². The minimum absolute atomic E-state index is 0.0422. The molecule has 0 fully saturated rings. The average Bonchev–Trinajstić information content (AvgIpc) is 2.63. The summed E-state index contributed by atoms with van der Waals surface area (Å²) in [5.41, 5.74) is 1.31. The first kappa shape index (κ1) is 8.51. The number of hydrogen-bond acceptors (Lipinski definition) is 2. The molecule has 0 bridgehead atoms. The van der Waals surface area contributed by atoms with E-state index in [9.17, 15) is 4.79 Å². The van der Waals surface area contributed by atoms with Crippen molar-refractivity contribution in [1.29, 1.82) is 0 Å². The van der Waals surface area contributed by atoms with E-state index in [1.165, 1.54) is 0 Å². The van der Waals surface area contributed by atoms with Crippen LogP contribution in [0.25, 0.3) is 11.0 Å². The van der Waals surface area contributed by atoms with Crippen molar-refractivity contribution in [3.05, 3.63) is 36.1 Å². The number of hydrogen-bond donors (Lipinski definition) is 0. The normalized spacial score (nSPS) is 10.5. The molecule has 1 aromatic carbocycles. The van der Waals surface area contributed by atoms with Crippen molar-refractivity contribution >= 4 is 32.7 Å². The molecule has 2 nitrogen and oxygen atoms in total. The number of carbonyl (C=O) groups excluding carboxylic acids is 1. The van der Waals surface area contributed by atoms with E-state index < -0.39 is 0 Å². The van der Waals surface area contributed by atoms with Crippen LogP contribution in [0.4, 0.5) is 0 Å². The fourth-order valence-corrected chi connectivity index (χ4v) is 1.59. The maximum Gasteiger partial charge on any atom is 0.177 e. The second-order valence-corrected chi connectivity index (χ2v) is 3.26. The van der Waals surface area contributed by atoms with Gasteiger partial charge in [0.15, 0.2) is 5.78 Å². The van der Waals surface area contributed by atoms with E-state index in [1.807, 2.05) is 18.2 Å². The predicted molar refractivity (Wildman–Crippen MR) is 54.3 cm³/mol. The van der Waals surface area contributed by atoms with E-state index in [0.29, 0.717) is 16.5 Å². The molecule has 0 unspecified atom stereocenters. The van der Waals surface area contributed by atoms with E-state index in [2.05, 4.69) is 15.9 Å². The molecule has 0 amide bonds. The molecule has 0 N–H and O–H groups in total. The molecule has 0 saturated carbocycles. The zero-order valence-electron chi connectivity index (χ0n) is 6.79. The van der Waals surface area contributed by atoms with Gasteiger partial charge in [-0.3, -0.25) is 4.79 Å². The molecule has 0 atom stereocenters. The summed E-state index contributed by atoms with van der Waals surface area (Å²) in [7, 11) is 0. The van der Waals surface area contributed by atoms with Gasteiger partial charge in [-0.25, -0.2) is 0 Å². The Morgan fingerprint density at radius 1 is 1.38 bits per heavy atom. The topological polar surface area (TPSA) is 30.2 Å². The summed E-state index contributed by atoms with van der Waals surface area (Å²) in [6.07, 6.45) is 1.59. The van der Waals surface area contributed by atoms with E-state index in [1.54, 1.807) is 12.3 Å². The molecule has 0 aliphatic rings. The van der Waals surface area contributed by atoms with Crippen LogP contribution in [-0.2, 0) is 0 Å². The summed E-state index contributed by atoms with van der Waals surface area (Å²) in [4.78, 5) is 11.4. The Balaban J connectivity index is 2.67. The van der Waals surface area contributed by atoms with Gasteiger partial charge in [-0.15, -0.1) is 0 Å². The molecule has 2 aromatic rings. The van der Waals surface area contributed by atoms with Gasteiger partial charge in [-0.2, -0.15) is 0 Å². The highest BCUT2D eigenvalue weighted by molar-refractivity contribution is 9.09. The number of benzene rings is 1. The number of carbonyl (C=O) groups is 1. The summed E-state index contributed by atoms with van der Waals surface area (Å²) < 4.78 is 5.23. The van der Waals surface area contributed by atoms with Crippen LogP contribution >= 0.6 is 15.9 Å². The average molecular weight is 239 g/mol. The van der Waals surface area contributed by atoms with Crippen LogP contribution in [-0.4, -0.2) is 11.1 Å². The lowest BCUT2D eigenvalue weighted by molar-refractivity contribution is 0.102. The fraction of sp³-hybridized carbons (Fsp3) is 0.100. The molecule has 13 heavy (non-hydrogen) atoms. The monoisotopic (exact) mass is 238 g/mol. The van der Waals surface area contributed by atoms with Gasteiger partial charge < -0.3 is 4.42 Å². The van der Waals surface area contributed by atoms with Gasteiger partial charge in [-0.1, -0.05) is 28.1 Å². The lowest BCUT2D eigenvalue weighted by Crippen LogP contribution is -1.99. The zero-order chi connectivity index (χ0) is 9.26. The lowest BCUT2D eigenvalue weighted by Gasteiger charge is -1.96. The number of ketones is 1. The Labute approximate surface area is 83.7 Å². The van der Waals surface area contributed by atoms with Gasteiger partial charge in [0.1, 0.15) is 5.58 Å². The van der Waals surface area contributed by atoms with E-state index in [4.69, 9.17) is 4.42 Å². The van der Waals surface area contributed by atoms with Crippen LogP contribution < -0.4 is 0 Å². The predicted octanol–water partition coefficient (Wildman–Crippen LogP) is 3.01. The smallest absolute Gasteiger partial charge is 0.177 e. The summed E-state index contributed by atoms with van der Waals surface area (Å²) in [5, 5.41) is 1.29. The number of halogens is 1. The van der Waals surface area contributed by atoms with E-state index in [0.717, 1.165) is 5.39 Å². The van der Waals surface area contributed by atoms with Gasteiger partial charge in [0.05, 0.1) is 17.2 Å². The standard InChI is InChI=1S/C10H7BrO2/c11-6-9(12)8-3-1-2-7-4-5-13-10(7)8/h1-5H,6H2. The third-order valence-corrected chi connectivity index (χ3v) is 2.41. The first-order valence-corrected chi connectivity index (χ1v) is 5.00. The number of Topliss-reactive ketones (excluding diaryl/α,β-unsaturated/α-hetero) is 1. The molecule has 1 heterocycles. The molecule has 1 aromatic heterocycles. The molecule has 0 aliphatic carbocycles. The molecule has 2 rings (SSSR count). The van der Waals surface area contributed by atoms with Crippen molar-refractivity contribution in [3.63, 3.8) is 0 Å². The molecule has 0 aliphatic heterocycles. The zero-order valence-corrected chi connectivity index (χ0v) is 8.37. The molecule has 0 saturated heterocycles. The van der Waals surface area contributed by atoms with Crippen molar-refractivity contribution < 1.29 is 9.21 Å². The van der Waals surface area contributed by atoms with Crippen LogP contribution in [0.2, 0.25) is 0 Å². The number of para-hydroxylation sites is 1. The maximum atomic E-state index is 11.4. The molecule has 0 spiro atoms. The largest absolute Gasteiger partial charge is 0.464 e. The second-order valence-electron chi connectivity index (χ2n) is 2.70. The van der Waals surface area contributed by atoms with E-state index >= 15 is 0 Å². The van der Waals surface area contributed by atoms with Crippen molar-refractivity contribution in [2.24, 2.45) is 0 Å². The summed E-state index contributed by atoms with van der Waals surface area (Å²) in [5.74, 6) is 0.0422. The minimum Gasteiger partial charge on any atom is -0.464 e. The van der Waals surface area contributed by atoms with E-state index in [-0.39, 0.29) is 5.78 Å². The van der Waals surface area contributed by atoms with Gasteiger partial charge in [0.25, 0.3) is 0 Å². The molecule has 0 radical (unpaired) electrons. The van der Waals surface area contributed by atoms with Crippen molar-refractivity contribution in [1.82, 2.24) is 0 Å². The fourth-order valence-electron chi connectivity index (χ4n) is 1.28. The highest BCUT2D eigenvalue weighted by Crippen LogP contribution is 2.20. The third kappa shape index (κ3) is 1.40. The van der Waals surface area contributed by atoms with Crippen LogP contribution in [0.3, 0.4) is 0 Å². The highest BCUT2D eigenvalue weighted by Gasteiger charge is 2.10. The summed E-state index contributed by atoms with van der Waals surface area (Å²) >= 11 is 3.13. The van der Waals surface area contributed by atoms with Gasteiger partial charge in [0, 0.05) is 5.39 Å². The third-order valence-electron chi connectivity index (χ3n) is 1.90. The number of alkyl halides is 1. The first-order chi connectivity index (χ1) is 6.33. The Morgan fingerprint density at radius 3 is 3.00 bits per heavy atom. The minimum atomic E-state index is 0.0422. The molecule has 3 heteroatoms. The summed E-state index contributed by atoms with van der Waals surface area (Å²) in [6, 6.07) is 7.40. The number of rotatable bonds is 2. The van der Waals surface area contributed by atoms with Crippen LogP contribution in [0.5, 0.6) is 0 Å². The van der Waals surface area contributed by atoms with Crippen molar-refractivity contribution in [3.8, 4) is 0 Å².